The van der Waals surface area contributed by atoms with Gasteiger partial charge in [-0.05, 0) is 31.2 Å². The van der Waals surface area contributed by atoms with Gasteiger partial charge < -0.3 is 5.73 Å². The van der Waals surface area contributed by atoms with Gasteiger partial charge in [-0.1, -0.05) is 25.1 Å². The van der Waals surface area contributed by atoms with Crippen LogP contribution in [0.1, 0.15) is 36.9 Å². The van der Waals surface area contributed by atoms with Crippen molar-refractivity contribution in [1.29, 1.82) is 0 Å². The summed E-state index contributed by atoms with van der Waals surface area (Å²) < 4.78 is 0. The van der Waals surface area contributed by atoms with E-state index in [9.17, 15) is 0 Å². The average Bonchev–Trinajstić information content (AvgIpc) is 2.29. The standard InChI is InChI=1S/C14H16N2/c1-9-5-4-8-12-13(9)14(15)10-6-2-3-7-11(10)16-12/h2-3,6-7,9H,4-5,8H2,1H3,(H2,15,16). The fraction of sp³-hybridized carbons (Fsp3) is 0.357. The molecule has 1 aromatic heterocycles. The van der Waals surface area contributed by atoms with Crippen molar-refractivity contribution in [2.24, 2.45) is 0 Å². The zero-order valence-corrected chi connectivity index (χ0v) is 9.53. The first-order valence-corrected chi connectivity index (χ1v) is 5.94. The first-order valence-electron chi connectivity index (χ1n) is 5.94. The fourth-order valence-electron chi connectivity index (χ4n) is 2.77. The third-order valence-corrected chi connectivity index (χ3v) is 3.59. The van der Waals surface area contributed by atoms with Crippen LogP contribution in [0.2, 0.25) is 0 Å². The molecule has 2 N–H and O–H groups in total. The van der Waals surface area contributed by atoms with Crippen molar-refractivity contribution in [3.63, 3.8) is 0 Å². The van der Waals surface area contributed by atoms with Crippen molar-refractivity contribution in [2.45, 2.75) is 32.1 Å². The molecule has 0 bridgehead atoms. The Labute approximate surface area is 95.5 Å². The maximum Gasteiger partial charge on any atom is 0.0726 e. The number of benzene rings is 1. The monoisotopic (exact) mass is 212 g/mol. The van der Waals surface area contributed by atoms with Crippen LogP contribution in [-0.2, 0) is 6.42 Å². The molecular formula is C14H16N2. The summed E-state index contributed by atoms with van der Waals surface area (Å²) in [7, 11) is 0. The molecule has 0 fully saturated rings. The number of rotatable bonds is 0. The van der Waals surface area contributed by atoms with E-state index < -0.39 is 0 Å². The molecule has 1 heterocycles. The SMILES string of the molecule is CC1CCCc2nc3ccccc3c(N)c21. The van der Waals surface area contributed by atoms with Crippen LogP contribution in [0.4, 0.5) is 5.69 Å². The van der Waals surface area contributed by atoms with Crippen LogP contribution < -0.4 is 5.73 Å². The van der Waals surface area contributed by atoms with E-state index in [-0.39, 0.29) is 0 Å². The van der Waals surface area contributed by atoms with Crippen molar-refractivity contribution in [3.05, 3.63) is 35.5 Å². The second-order valence-corrected chi connectivity index (χ2v) is 4.70. The Hall–Kier alpha value is -1.57. The van der Waals surface area contributed by atoms with E-state index in [0.717, 1.165) is 23.0 Å². The van der Waals surface area contributed by atoms with Gasteiger partial charge in [-0.2, -0.15) is 0 Å². The minimum absolute atomic E-state index is 0.556. The Morgan fingerprint density at radius 3 is 3.00 bits per heavy atom. The molecule has 1 aromatic carbocycles. The van der Waals surface area contributed by atoms with E-state index in [1.54, 1.807) is 0 Å². The van der Waals surface area contributed by atoms with Crippen molar-refractivity contribution in [1.82, 2.24) is 4.98 Å². The summed E-state index contributed by atoms with van der Waals surface area (Å²) in [5.41, 5.74) is 10.8. The van der Waals surface area contributed by atoms with Gasteiger partial charge >= 0.3 is 0 Å². The van der Waals surface area contributed by atoms with Crippen LogP contribution >= 0.6 is 0 Å². The summed E-state index contributed by atoms with van der Waals surface area (Å²) in [6.45, 7) is 2.25. The minimum Gasteiger partial charge on any atom is -0.398 e. The molecule has 1 unspecified atom stereocenters. The molecule has 0 saturated carbocycles. The molecule has 1 aliphatic carbocycles. The van der Waals surface area contributed by atoms with Crippen LogP contribution in [0, 0.1) is 0 Å². The van der Waals surface area contributed by atoms with E-state index in [2.05, 4.69) is 13.0 Å². The number of hydrogen-bond acceptors (Lipinski definition) is 2. The number of nitrogens with zero attached hydrogens (tertiary/aromatic N) is 1. The molecular weight excluding hydrogens is 196 g/mol. The smallest absolute Gasteiger partial charge is 0.0726 e. The summed E-state index contributed by atoms with van der Waals surface area (Å²) in [4.78, 5) is 4.75. The number of pyridine rings is 1. The van der Waals surface area contributed by atoms with Crippen molar-refractivity contribution in [3.8, 4) is 0 Å². The van der Waals surface area contributed by atoms with Gasteiger partial charge in [-0.3, -0.25) is 4.98 Å². The lowest BCUT2D eigenvalue weighted by Crippen LogP contribution is -2.12. The highest BCUT2D eigenvalue weighted by atomic mass is 14.7. The van der Waals surface area contributed by atoms with E-state index in [4.69, 9.17) is 10.7 Å². The van der Waals surface area contributed by atoms with Crippen LogP contribution in [-0.4, -0.2) is 4.98 Å². The van der Waals surface area contributed by atoms with Crippen LogP contribution in [0.15, 0.2) is 24.3 Å². The van der Waals surface area contributed by atoms with Crippen molar-refractivity contribution in [2.75, 3.05) is 5.73 Å². The Kier molecular flexibility index (Phi) is 2.10. The van der Waals surface area contributed by atoms with Gasteiger partial charge in [-0.25, -0.2) is 0 Å². The summed E-state index contributed by atoms with van der Waals surface area (Å²) in [5, 5.41) is 1.11. The number of nitrogen functional groups attached to an aromatic ring is 1. The molecule has 2 aromatic rings. The zero-order valence-electron chi connectivity index (χ0n) is 9.53. The average molecular weight is 212 g/mol. The number of nitrogens with two attached hydrogens (primary N) is 1. The van der Waals surface area contributed by atoms with Crippen LogP contribution in [0.25, 0.3) is 10.9 Å². The van der Waals surface area contributed by atoms with Gasteiger partial charge in [0.05, 0.1) is 5.52 Å². The maximum absolute atomic E-state index is 6.29. The van der Waals surface area contributed by atoms with E-state index >= 15 is 0 Å². The number of aromatic nitrogens is 1. The second-order valence-electron chi connectivity index (χ2n) is 4.70. The van der Waals surface area contributed by atoms with E-state index in [0.29, 0.717) is 5.92 Å². The molecule has 0 aliphatic heterocycles. The van der Waals surface area contributed by atoms with E-state index in [1.807, 2.05) is 18.2 Å². The third kappa shape index (κ3) is 1.29. The fourth-order valence-corrected chi connectivity index (χ4v) is 2.77. The lowest BCUT2D eigenvalue weighted by molar-refractivity contribution is 0.583. The van der Waals surface area contributed by atoms with Gasteiger partial charge in [0, 0.05) is 22.3 Å². The first-order chi connectivity index (χ1) is 7.77. The number of anilines is 1. The Bertz CT molecular complexity index is 546. The number of aryl methyl sites for hydroxylation is 1. The molecule has 0 saturated heterocycles. The topological polar surface area (TPSA) is 38.9 Å². The largest absolute Gasteiger partial charge is 0.398 e. The third-order valence-electron chi connectivity index (χ3n) is 3.59. The lowest BCUT2D eigenvalue weighted by Gasteiger charge is -2.24. The molecule has 1 aliphatic rings. The van der Waals surface area contributed by atoms with Gasteiger partial charge in [0.25, 0.3) is 0 Å². The molecule has 3 rings (SSSR count). The van der Waals surface area contributed by atoms with Gasteiger partial charge in [-0.15, -0.1) is 0 Å². The van der Waals surface area contributed by atoms with Crippen LogP contribution in [0.5, 0.6) is 0 Å². The Morgan fingerprint density at radius 2 is 2.12 bits per heavy atom. The number of fused-ring (bicyclic) bond motifs is 2. The molecule has 0 radical (unpaired) electrons. The number of hydrogen-bond donors (Lipinski definition) is 1. The number of para-hydroxylation sites is 1. The van der Waals surface area contributed by atoms with Gasteiger partial charge in [0.15, 0.2) is 0 Å². The highest BCUT2D eigenvalue weighted by molar-refractivity contribution is 5.92. The highest BCUT2D eigenvalue weighted by Gasteiger charge is 2.21. The molecule has 1 atom stereocenters. The summed E-state index contributed by atoms with van der Waals surface area (Å²) in [6.07, 6.45) is 3.55. The first kappa shape index (κ1) is 9.64. The lowest BCUT2D eigenvalue weighted by atomic mass is 9.85. The van der Waals surface area contributed by atoms with Gasteiger partial charge in [0.2, 0.25) is 0 Å². The normalized spacial score (nSPS) is 19.7. The molecule has 0 amide bonds. The van der Waals surface area contributed by atoms with Crippen molar-refractivity contribution < 1.29 is 0 Å². The van der Waals surface area contributed by atoms with Crippen LogP contribution in [0.3, 0.4) is 0 Å². The Morgan fingerprint density at radius 1 is 1.31 bits per heavy atom. The molecule has 2 nitrogen and oxygen atoms in total. The molecule has 16 heavy (non-hydrogen) atoms. The zero-order chi connectivity index (χ0) is 11.1. The molecule has 82 valence electrons. The summed E-state index contributed by atoms with van der Waals surface area (Å²) in [6, 6.07) is 8.16. The molecule has 0 spiro atoms. The second kappa shape index (κ2) is 3.48. The van der Waals surface area contributed by atoms with E-state index in [1.165, 1.54) is 24.1 Å². The quantitative estimate of drug-likeness (QED) is 0.728. The van der Waals surface area contributed by atoms with Crippen molar-refractivity contribution >= 4 is 16.6 Å². The van der Waals surface area contributed by atoms with Gasteiger partial charge in [0.1, 0.15) is 0 Å². The maximum atomic E-state index is 6.29. The Balaban J connectivity index is 2.36. The summed E-state index contributed by atoms with van der Waals surface area (Å²) in [5.74, 6) is 0.556. The molecule has 2 heteroatoms. The highest BCUT2D eigenvalue weighted by Crippen LogP contribution is 2.37. The predicted octanol–water partition coefficient (Wildman–Crippen LogP) is 3.26. The summed E-state index contributed by atoms with van der Waals surface area (Å²) >= 11 is 0. The minimum atomic E-state index is 0.556. The predicted molar refractivity (Wildman–Crippen MR) is 67.5 cm³/mol.